The van der Waals surface area contributed by atoms with Crippen LogP contribution in [0.1, 0.15) is 5.69 Å². The summed E-state index contributed by atoms with van der Waals surface area (Å²) in [5, 5.41) is 3.89. The zero-order valence-electron chi connectivity index (χ0n) is 13.8. The Kier molecular flexibility index (Phi) is 4.15. The molecule has 4 nitrogen and oxygen atoms in total. The fourth-order valence-electron chi connectivity index (χ4n) is 3.00. The van der Waals surface area contributed by atoms with Gasteiger partial charge in [-0.3, -0.25) is 4.79 Å². The van der Waals surface area contributed by atoms with Gasteiger partial charge in [0.2, 0.25) is 0 Å². The molecule has 0 fully saturated rings. The van der Waals surface area contributed by atoms with Crippen molar-refractivity contribution in [2.75, 3.05) is 5.32 Å². The second-order valence-corrected chi connectivity index (χ2v) is 6.98. The van der Waals surface area contributed by atoms with Gasteiger partial charge in [-0.15, -0.1) is 0 Å². The van der Waals surface area contributed by atoms with Gasteiger partial charge in [-0.05, 0) is 31.2 Å². The molecule has 0 saturated carbocycles. The number of aromatic amines is 1. The van der Waals surface area contributed by atoms with E-state index in [0.717, 1.165) is 4.47 Å². The van der Waals surface area contributed by atoms with Crippen molar-refractivity contribution in [3.05, 3.63) is 74.4 Å². The van der Waals surface area contributed by atoms with Gasteiger partial charge in [-0.25, -0.2) is 18.2 Å². The summed E-state index contributed by atoms with van der Waals surface area (Å²) in [4.78, 5) is 19.7. The molecule has 4 rings (SSSR count). The van der Waals surface area contributed by atoms with Crippen molar-refractivity contribution in [1.82, 2.24) is 9.97 Å². The Morgan fingerprint density at radius 3 is 2.44 bits per heavy atom. The van der Waals surface area contributed by atoms with Crippen LogP contribution in [0.25, 0.3) is 21.7 Å². The first-order valence-electron chi connectivity index (χ1n) is 7.88. The van der Waals surface area contributed by atoms with Crippen LogP contribution in [0, 0.1) is 24.4 Å². The predicted molar refractivity (Wildman–Crippen MR) is 102 cm³/mol. The third-order valence-electron chi connectivity index (χ3n) is 4.13. The summed E-state index contributed by atoms with van der Waals surface area (Å²) >= 11 is 3.36. The molecule has 0 unspecified atom stereocenters. The molecule has 0 radical (unpaired) electrons. The smallest absolute Gasteiger partial charge is 0.256 e. The predicted octanol–water partition coefficient (Wildman–Crippen LogP) is 5.31. The summed E-state index contributed by atoms with van der Waals surface area (Å²) in [5.41, 5.74) is 0.135. The summed E-state index contributed by atoms with van der Waals surface area (Å²) in [6.07, 6.45) is 0. The molecule has 27 heavy (non-hydrogen) atoms. The minimum Gasteiger partial charge on any atom is -0.335 e. The van der Waals surface area contributed by atoms with Gasteiger partial charge in [-0.2, -0.15) is 0 Å². The number of aromatic nitrogens is 2. The molecule has 0 saturated heterocycles. The van der Waals surface area contributed by atoms with Crippen LogP contribution >= 0.6 is 15.9 Å². The Balaban J connectivity index is 2.06. The van der Waals surface area contributed by atoms with E-state index in [0.29, 0.717) is 39.5 Å². The second-order valence-electron chi connectivity index (χ2n) is 6.06. The Bertz CT molecular complexity index is 1260. The number of halogens is 4. The van der Waals surface area contributed by atoms with Gasteiger partial charge in [0, 0.05) is 33.1 Å². The molecule has 8 heteroatoms. The van der Waals surface area contributed by atoms with Crippen LogP contribution in [0.5, 0.6) is 0 Å². The van der Waals surface area contributed by atoms with Gasteiger partial charge in [0.25, 0.3) is 5.56 Å². The maximum absolute atomic E-state index is 14.1. The summed E-state index contributed by atoms with van der Waals surface area (Å²) in [6.45, 7) is 1.69. The normalized spacial score (nSPS) is 11.3. The maximum Gasteiger partial charge on any atom is 0.256 e. The monoisotopic (exact) mass is 433 g/mol. The van der Waals surface area contributed by atoms with Gasteiger partial charge in [0.1, 0.15) is 17.3 Å². The van der Waals surface area contributed by atoms with Gasteiger partial charge >= 0.3 is 0 Å². The number of H-pyrrole nitrogens is 1. The van der Waals surface area contributed by atoms with Crippen molar-refractivity contribution in [3.63, 3.8) is 0 Å². The first-order chi connectivity index (χ1) is 12.8. The molecule has 0 aliphatic carbocycles. The molecule has 2 heterocycles. The summed E-state index contributed by atoms with van der Waals surface area (Å²) in [6, 6.07) is 7.98. The number of pyridine rings is 2. The van der Waals surface area contributed by atoms with Crippen LogP contribution in [0.2, 0.25) is 0 Å². The van der Waals surface area contributed by atoms with Crippen molar-refractivity contribution >= 4 is 49.1 Å². The molecule has 0 amide bonds. The van der Waals surface area contributed by atoms with E-state index < -0.39 is 23.1 Å². The summed E-state index contributed by atoms with van der Waals surface area (Å²) < 4.78 is 42.1. The Labute approximate surface area is 159 Å². The molecule has 4 aromatic rings. The highest BCUT2D eigenvalue weighted by Crippen LogP contribution is 2.32. The average Bonchev–Trinajstić information content (AvgIpc) is 2.57. The maximum atomic E-state index is 14.1. The first kappa shape index (κ1) is 17.5. The molecular formula is C19H11BrF3N3O. The van der Waals surface area contributed by atoms with E-state index in [1.807, 2.05) is 0 Å². The third kappa shape index (κ3) is 3.06. The summed E-state index contributed by atoms with van der Waals surface area (Å²) in [7, 11) is 0. The van der Waals surface area contributed by atoms with Crippen molar-refractivity contribution < 1.29 is 13.2 Å². The zero-order valence-corrected chi connectivity index (χ0v) is 15.4. The fraction of sp³-hybridized carbons (Fsp3) is 0.0526. The van der Waals surface area contributed by atoms with E-state index in [1.165, 1.54) is 0 Å². The Hall–Kier alpha value is -2.87. The largest absolute Gasteiger partial charge is 0.335 e. The number of nitrogens with one attached hydrogen (secondary N) is 2. The number of aryl methyl sites for hydroxylation is 1. The van der Waals surface area contributed by atoms with Crippen LogP contribution in [0.4, 0.5) is 24.7 Å². The number of fused-ring (bicyclic) bond motifs is 3. The molecule has 136 valence electrons. The molecule has 0 bridgehead atoms. The van der Waals surface area contributed by atoms with Gasteiger partial charge in [-0.1, -0.05) is 15.9 Å². The van der Waals surface area contributed by atoms with Gasteiger partial charge in [0.05, 0.1) is 10.9 Å². The number of nitrogens with zero attached hydrogens (tertiary/aromatic N) is 1. The van der Waals surface area contributed by atoms with E-state index in [1.54, 1.807) is 31.2 Å². The van der Waals surface area contributed by atoms with E-state index in [2.05, 4.69) is 31.2 Å². The number of rotatable bonds is 2. The van der Waals surface area contributed by atoms with Crippen LogP contribution in [0.15, 0.2) is 45.7 Å². The lowest BCUT2D eigenvalue weighted by atomic mass is 10.1. The molecule has 2 aromatic carbocycles. The minimum atomic E-state index is -1.10. The Morgan fingerprint density at radius 2 is 1.74 bits per heavy atom. The van der Waals surface area contributed by atoms with Crippen molar-refractivity contribution in [2.24, 2.45) is 0 Å². The fourth-order valence-corrected chi connectivity index (χ4v) is 3.37. The van der Waals surface area contributed by atoms with Gasteiger partial charge < -0.3 is 10.3 Å². The topological polar surface area (TPSA) is 57.8 Å². The van der Waals surface area contributed by atoms with Crippen LogP contribution < -0.4 is 10.9 Å². The molecule has 0 aliphatic rings. The van der Waals surface area contributed by atoms with Crippen molar-refractivity contribution in [3.8, 4) is 0 Å². The first-order valence-corrected chi connectivity index (χ1v) is 8.67. The highest BCUT2D eigenvalue weighted by molar-refractivity contribution is 9.10. The van der Waals surface area contributed by atoms with Crippen LogP contribution in [-0.4, -0.2) is 9.97 Å². The number of anilines is 2. The Morgan fingerprint density at radius 1 is 1.04 bits per heavy atom. The van der Waals surface area contributed by atoms with E-state index in [9.17, 15) is 18.0 Å². The van der Waals surface area contributed by atoms with E-state index in [4.69, 9.17) is 0 Å². The standard InChI is InChI=1S/C19H11BrF3N3O/c1-8-4-12-16(19(27)24-8)11-5-9(20)2-3-15(11)25-18(12)26-17-13(22)6-10(21)7-14(17)23/h2-7H,1H3,(H,24,27)(H,25,26). The van der Waals surface area contributed by atoms with E-state index >= 15 is 0 Å². The quantitative estimate of drug-likeness (QED) is 0.421. The molecular weight excluding hydrogens is 423 g/mol. The van der Waals surface area contributed by atoms with Crippen molar-refractivity contribution in [1.29, 1.82) is 0 Å². The molecule has 0 aliphatic heterocycles. The summed E-state index contributed by atoms with van der Waals surface area (Å²) in [5.74, 6) is -3.12. The average molecular weight is 434 g/mol. The third-order valence-corrected chi connectivity index (χ3v) is 4.63. The lowest BCUT2D eigenvalue weighted by molar-refractivity contribution is 0.549. The minimum absolute atomic E-state index is 0.0958. The molecule has 0 atom stereocenters. The van der Waals surface area contributed by atoms with Crippen LogP contribution in [-0.2, 0) is 0 Å². The molecule has 2 N–H and O–H groups in total. The highest BCUT2D eigenvalue weighted by Gasteiger charge is 2.17. The SMILES string of the molecule is Cc1cc2c(Nc3c(F)cc(F)cc3F)nc3ccc(Br)cc3c2c(=O)[nH]1. The number of benzene rings is 2. The molecule has 2 aromatic heterocycles. The van der Waals surface area contributed by atoms with Gasteiger partial charge in [0.15, 0.2) is 11.6 Å². The zero-order chi connectivity index (χ0) is 19.3. The van der Waals surface area contributed by atoms with E-state index in [-0.39, 0.29) is 11.4 Å². The highest BCUT2D eigenvalue weighted by atomic mass is 79.9. The number of hydrogen-bond donors (Lipinski definition) is 2. The molecule has 0 spiro atoms. The lowest BCUT2D eigenvalue weighted by Crippen LogP contribution is -2.10. The van der Waals surface area contributed by atoms with Crippen molar-refractivity contribution in [2.45, 2.75) is 6.92 Å². The lowest BCUT2D eigenvalue weighted by Gasteiger charge is -2.13. The van der Waals surface area contributed by atoms with Crippen LogP contribution in [0.3, 0.4) is 0 Å². The second kappa shape index (κ2) is 6.38. The number of hydrogen-bond acceptors (Lipinski definition) is 3.